The van der Waals surface area contributed by atoms with E-state index in [0.29, 0.717) is 17.8 Å². The van der Waals surface area contributed by atoms with Crippen molar-refractivity contribution in [2.45, 2.75) is 13.3 Å². The Balaban J connectivity index is 1.95. The number of anilines is 3. The van der Waals surface area contributed by atoms with Gasteiger partial charge in [-0.05, 0) is 30.3 Å². The van der Waals surface area contributed by atoms with E-state index in [9.17, 15) is 9.59 Å². The van der Waals surface area contributed by atoms with E-state index in [1.807, 2.05) is 42.3 Å². The zero-order valence-corrected chi connectivity index (χ0v) is 13.4. The standard InChI is InChI=1S/C18H21N3O2/c1-3-17(22)19-14-8-7-9-15(12-14)20-18(23)13-21(2)16-10-5-4-6-11-16/h4-12H,3,13H2,1-2H3,(H,19,22)(H,20,23). The average molecular weight is 311 g/mol. The van der Waals surface area contributed by atoms with Crippen LogP contribution < -0.4 is 15.5 Å². The highest BCUT2D eigenvalue weighted by Gasteiger charge is 2.08. The van der Waals surface area contributed by atoms with Crippen LogP contribution >= 0.6 is 0 Å². The molecule has 0 heterocycles. The van der Waals surface area contributed by atoms with Gasteiger partial charge in [-0.2, -0.15) is 0 Å². The van der Waals surface area contributed by atoms with Crippen molar-refractivity contribution >= 4 is 28.9 Å². The predicted molar refractivity (Wildman–Crippen MR) is 93.7 cm³/mol. The second-order valence-electron chi connectivity index (χ2n) is 5.22. The number of rotatable bonds is 6. The molecule has 0 spiro atoms. The van der Waals surface area contributed by atoms with Crippen LogP contribution in [0.1, 0.15) is 13.3 Å². The molecule has 120 valence electrons. The Morgan fingerprint density at radius 3 is 2.13 bits per heavy atom. The summed E-state index contributed by atoms with van der Waals surface area (Å²) in [7, 11) is 1.87. The molecular formula is C18H21N3O2. The van der Waals surface area contributed by atoms with Gasteiger partial charge in [0.25, 0.3) is 0 Å². The quantitative estimate of drug-likeness (QED) is 0.861. The summed E-state index contributed by atoms with van der Waals surface area (Å²) in [4.78, 5) is 25.4. The second-order valence-corrected chi connectivity index (χ2v) is 5.22. The van der Waals surface area contributed by atoms with E-state index in [-0.39, 0.29) is 18.4 Å². The van der Waals surface area contributed by atoms with Crippen molar-refractivity contribution < 1.29 is 9.59 Å². The van der Waals surface area contributed by atoms with E-state index in [2.05, 4.69) is 10.6 Å². The fraction of sp³-hybridized carbons (Fsp3) is 0.222. The van der Waals surface area contributed by atoms with E-state index in [4.69, 9.17) is 0 Å². The number of hydrogen-bond donors (Lipinski definition) is 2. The molecule has 23 heavy (non-hydrogen) atoms. The van der Waals surface area contributed by atoms with E-state index in [1.54, 1.807) is 31.2 Å². The van der Waals surface area contributed by atoms with Crippen molar-refractivity contribution in [3.63, 3.8) is 0 Å². The van der Waals surface area contributed by atoms with Gasteiger partial charge in [0.05, 0.1) is 6.54 Å². The van der Waals surface area contributed by atoms with Crippen LogP contribution in [0, 0.1) is 0 Å². The van der Waals surface area contributed by atoms with Gasteiger partial charge in [-0.3, -0.25) is 9.59 Å². The molecule has 2 N–H and O–H groups in total. The van der Waals surface area contributed by atoms with Crippen LogP contribution in [0.3, 0.4) is 0 Å². The lowest BCUT2D eigenvalue weighted by molar-refractivity contribution is -0.116. The van der Waals surface area contributed by atoms with Crippen molar-refractivity contribution in [1.82, 2.24) is 0 Å². The molecule has 2 amide bonds. The Bertz CT molecular complexity index is 671. The largest absolute Gasteiger partial charge is 0.365 e. The highest BCUT2D eigenvalue weighted by molar-refractivity contribution is 5.95. The van der Waals surface area contributed by atoms with Gasteiger partial charge in [-0.15, -0.1) is 0 Å². The molecule has 0 saturated heterocycles. The molecule has 0 aliphatic carbocycles. The molecule has 0 bridgehead atoms. The number of carbonyl (C=O) groups is 2. The minimum absolute atomic E-state index is 0.0581. The van der Waals surface area contributed by atoms with Crippen LogP contribution in [0.5, 0.6) is 0 Å². The topological polar surface area (TPSA) is 61.4 Å². The van der Waals surface area contributed by atoms with Crippen LogP contribution in [0.4, 0.5) is 17.1 Å². The Labute approximate surface area is 136 Å². The van der Waals surface area contributed by atoms with Crippen molar-refractivity contribution in [1.29, 1.82) is 0 Å². The predicted octanol–water partition coefficient (Wildman–Crippen LogP) is 3.11. The van der Waals surface area contributed by atoms with Crippen LogP contribution in [-0.2, 0) is 9.59 Å². The molecule has 2 aromatic rings. The third kappa shape index (κ3) is 5.14. The van der Waals surface area contributed by atoms with Crippen LogP contribution in [-0.4, -0.2) is 25.4 Å². The number of para-hydroxylation sites is 1. The number of likely N-dealkylation sites (N-methyl/N-ethyl adjacent to an activating group) is 1. The molecule has 0 fully saturated rings. The van der Waals surface area contributed by atoms with Crippen LogP contribution in [0.2, 0.25) is 0 Å². The second kappa shape index (κ2) is 7.98. The van der Waals surface area contributed by atoms with Gasteiger partial charge < -0.3 is 15.5 Å². The minimum atomic E-state index is -0.115. The zero-order chi connectivity index (χ0) is 16.7. The van der Waals surface area contributed by atoms with E-state index in [1.165, 1.54) is 0 Å². The number of hydrogen-bond acceptors (Lipinski definition) is 3. The Kier molecular flexibility index (Phi) is 5.74. The average Bonchev–Trinajstić information content (AvgIpc) is 2.55. The fourth-order valence-corrected chi connectivity index (χ4v) is 2.11. The van der Waals surface area contributed by atoms with E-state index in [0.717, 1.165) is 5.69 Å². The van der Waals surface area contributed by atoms with Gasteiger partial charge in [-0.1, -0.05) is 31.2 Å². The van der Waals surface area contributed by atoms with Crippen molar-refractivity contribution in [2.75, 3.05) is 29.1 Å². The normalized spacial score (nSPS) is 10.0. The first-order valence-corrected chi connectivity index (χ1v) is 7.54. The SMILES string of the molecule is CCC(=O)Nc1cccc(NC(=O)CN(C)c2ccccc2)c1. The lowest BCUT2D eigenvalue weighted by atomic mass is 10.2. The number of carbonyl (C=O) groups excluding carboxylic acids is 2. The van der Waals surface area contributed by atoms with Gasteiger partial charge >= 0.3 is 0 Å². The van der Waals surface area contributed by atoms with E-state index < -0.39 is 0 Å². The monoisotopic (exact) mass is 311 g/mol. The highest BCUT2D eigenvalue weighted by Crippen LogP contribution is 2.16. The maximum Gasteiger partial charge on any atom is 0.243 e. The summed E-state index contributed by atoms with van der Waals surface area (Å²) in [5, 5.41) is 5.61. The third-order valence-electron chi connectivity index (χ3n) is 3.33. The zero-order valence-electron chi connectivity index (χ0n) is 13.4. The van der Waals surface area contributed by atoms with Gasteiger partial charge in [-0.25, -0.2) is 0 Å². The van der Waals surface area contributed by atoms with Crippen LogP contribution in [0.15, 0.2) is 54.6 Å². The van der Waals surface area contributed by atoms with Gasteiger partial charge in [0.1, 0.15) is 0 Å². The molecule has 2 aromatic carbocycles. The van der Waals surface area contributed by atoms with Crippen molar-refractivity contribution in [3.05, 3.63) is 54.6 Å². The summed E-state index contributed by atoms with van der Waals surface area (Å²) in [6.07, 6.45) is 0.415. The van der Waals surface area contributed by atoms with Crippen molar-refractivity contribution in [2.24, 2.45) is 0 Å². The summed E-state index contributed by atoms with van der Waals surface area (Å²) in [6.45, 7) is 2.04. The third-order valence-corrected chi connectivity index (χ3v) is 3.33. The number of benzene rings is 2. The maximum atomic E-state index is 12.1. The molecule has 0 aromatic heterocycles. The molecule has 0 aliphatic heterocycles. The minimum Gasteiger partial charge on any atom is -0.365 e. The molecule has 0 radical (unpaired) electrons. The lowest BCUT2D eigenvalue weighted by Gasteiger charge is -2.18. The number of amides is 2. The summed E-state index contributed by atoms with van der Waals surface area (Å²) in [6, 6.07) is 16.8. The van der Waals surface area contributed by atoms with Gasteiger partial charge in [0, 0.05) is 30.5 Å². The number of nitrogens with one attached hydrogen (secondary N) is 2. The summed E-state index contributed by atoms with van der Waals surface area (Å²) in [5.41, 5.74) is 2.31. The first kappa shape index (κ1) is 16.5. The van der Waals surface area contributed by atoms with Crippen molar-refractivity contribution in [3.8, 4) is 0 Å². The van der Waals surface area contributed by atoms with Gasteiger partial charge in [0.15, 0.2) is 0 Å². The van der Waals surface area contributed by atoms with Crippen LogP contribution in [0.25, 0.3) is 0 Å². The molecule has 0 atom stereocenters. The van der Waals surface area contributed by atoms with E-state index >= 15 is 0 Å². The molecule has 5 nitrogen and oxygen atoms in total. The molecule has 2 rings (SSSR count). The lowest BCUT2D eigenvalue weighted by Crippen LogP contribution is -2.30. The summed E-state index contributed by atoms with van der Waals surface area (Å²) < 4.78 is 0. The Hall–Kier alpha value is -2.82. The Morgan fingerprint density at radius 2 is 1.52 bits per heavy atom. The smallest absolute Gasteiger partial charge is 0.243 e. The fourth-order valence-electron chi connectivity index (χ4n) is 2.11. The molecule has 0 aliphatic rings. The molecular weight excluding hydrogens is 290 g/mol. The molecule has 0 saturated carbocycles. The number of nitrogens with zero attached hydrogens (tertiary/aromatic N) is 1. The highest BCUT2D eigenvalue weighted by atomic mass is 16.2. The molecule has 0 unspecified atom stereocenters. The Morgan fingerprint density at radius 1 is 0.913 bits per heavy atom. The summed E-state index contributed by atoms with van der Waals surface area (Å²) in [5.74, 6) is -0.174. The summed E-state index contributed by atoms with van der Waals surface area (Å²) >= 11 is 0. The maximum absolute atomic E-state index is 12.1. The first-order chi connectivity index (χ1) is 11.1. The van der Waals surface area contributed by atoms with Gasteiger partial charge in [0.2, 0.25) is 11.8 Å². The molecule has 5 heteroatoms. The first-order valence-electron chi connectivity index (χ1n) is 7.54.